The van der Waals surface area contributed by atoms with Gasteiger partial charge in [0.05, 0.1) is 12.6 Å². The average Bonchev–Trinajstić information content (AvgIpc) is 2.86. The van der Waals surface area contributed by atoms with Crippen LogP contribution < -0.4 is 15.7 Å². The number of aromatic amines is 1. The summed E-state index contributed by atoms with van der Waals surface area (Å²) in [5.74, 6) is -0.0363. The highest BCUT2D eigenvalue weighted by molar-refractivity contribution is 5.78. The van der Waals surface area contributed by atoms with Crippen molar-refractivity contribution in [2.24, 2.45) is 0 Å². The number of aromatic nitrogens is 2. The van der Waals surface area contributed by atoms with Gasteiger partial charge >= 0.3 is 5.69 Å². The first-order valence-electron chi connectivity index (χ1n) is 7.39. The number of nitrogens with zero attached hydrogens (tertiary/aromatic N) is 1. The maximum absolute atomic E-state index is 13.9. The van der Waals surface area contributed by atoms with Gasteiger partial charge in [-0.15, -0.1) is 0 Å². The molecular formula is C15H22FN3O2. The van der Waals surface area contributed by atoms with Crippen molar-refractivity contribution in [1.29, 1.82) is 0 Å². The fourth-order valence-electron chi connectivity index (χ4n) is 2.70. The molecule has 0 spiro atoms. The van der Waals surface area contributed by atoms with Gasteiger partial charge in [0.25, 0.3) is 0 Å². The normalized spacial score (nSPS) is 15.6. The van der Waals surface area contributed by atoms with Crippen molar-refractivity contribution in [1.82, 2.24) is 14.9 Å². The Morgan fingerprint density at radius 3 is 2.57 bits per heavy atom. The molecule has 0 radical (unpaired) electrons. The summed E-state index contributed by atoms with van der Waals surface area (Å²) in [7, 11) is 1.49. The average molecular weight is 295 g/mol. The SMILES string of the molecule is CC.COc1cc(F)c2[nH]c(=O)n(C3CCNCC3)c2c1. The number of piperidine rings is 1. The van der Waals surface area contributed by atoms with Crippen LogP contribution in [0, 0.1) is 5.82 Å². The molecule has 5 nitrogen and oxygen atoms in total. The molecule has 0 aliphatic carbocycles. The lowest BCUT2D eigenvalue weighted by molar-refractivity contribution is 0.368. The molecule has 0 saturated carbocycles. The zero-order chi connectivity index (χ0) is 15.4. The lowest BCUT2D eigenvalue weighted by Gasteiger charge is -2.23. The van der Waals surface area contributed by atoms with E-state index in [2.05, 4.69) is 10.3 Å². The number of imidazole rings is 1. The minimum absolute atomic E-state index is 0.106. The van der Waals surface area contributed by atoms with Gasteiger partial charge in [-0.25, -0.2) is 9.18 Å². The van der Waals surface area contributed by atoms with Crippen LogP contribution in [-0.2, 0) is 0 Å². The van der Waals surface area contributed by atoms with Gasteiger partial charge in [0, 0.05) is 18.2 Å². The number of halogens is 1. The van der Waals surface area contributed by atoms with Crippen LogP contribution in [0.25, 0.3) is 11.0 Å². The van der Waals surface area contributed by atoms with E-state index < -0.39 is 5.82 Å². The Kier molecular flexibility index (Phi) is 5.01. The molecule has 1 saturated heterocycles. The molecule has 1 aromatic heterocycles. The van der Waals surface area contributed by atoms with Crippen LogP contribution in [0.3, 0.4) is 0 Å². The summed E-state index contributed by atoms with van der Waals surface area (Å²) in [5, 5.41) is 3.25. The summed E-state index contributed by atoms with van der Waals surface area (Å²) in [6, 6.07) is 3.10. The van der Waals surface area contributed by atoms with E-state index in [1.54, 1.807) is 10.6 Å². The first kappa shape index (κ1) is 15.6. The van der Waals surface area contributed by atoms with Crippen molar-refractivity contribution in [3.8, 4) is 5.75 Å². The lowest BCUT2D eigenvalue weighted by atomic mass is 10.1. The zero-order valence-electron chi connectivity index (χ0n) is 12.7. The van der Waals surface area contributed by atoms with Crippen LogP contribution >= 0.6 is 0 Å². The summed E-state index contributed by atoms with van der Waals surface area (Å²) in [5.41, 5.74) is 0.576. The van der Waals surface area contributed by atoms with E-state index in [0.717, 1.165) is 25.9 Å². The third kappa shape index (κ3) is 2.95. The molecule has 1 aromatic carbocycles. The first-order chi connectivity index (χ1) is 10.2. The molecular weight excluding hydrogens is 273 g/mol. The molecule has 1 aliphatic heterocycles. The summed E-state index contributed by atoms with van der Waals surface area (Å²) >= 11 is 0. The van der Waals surface area contributed by atoms with Crippen molar-refractivity contribution in [2.45, 2.75) is 32.7 Å². The van der Waals surface area contributed by atoms with Crippen LogP contribution in [0.15, 0.2) is 16.9 Å². The highest BCUT2D eigenvalue weighted by Crippen LogP contribution is 2.26. The van der Waals surface area contributed by atoms with Crippen molar-refractivity contribution >= 4 is 11.0 Å². The largest absolute Gasteiger partial charge is 0.497 e. The van der Waals surface area contributed by atoms with Crippen molar-refractivity contribution in [2.75, 3.05) is 20.2 Å². The Morgan fingerprint density at radius 1 is 1.29 bits per heavy atom. The van der Waals surface area contributed by atoms with Gasteiger partial charge in [0.2, 0.25) is 0 Å². The zero-order valence-corrected chi connectivity index (χ0v) is 12.7. The molecule has 0 bridgehead atoms. The van der Waals surface area contributed by atoms with Gasteiger partial charge in [0.15, 0.2) is 5.82 Å². The van der Waals surface area contributed by atoms with Crippen molar-refractivity contribution in [3.63, 3.8) is 0 Å². The third-order valence-corrected chi connectivity index (χ3v) is 3.66. The molecule has 3 rings (SSSR count). The number of benzene rings is 1. The maximum Gasteiger partial charge on any atom is 0.326 e. The van der Waals surface area contributed by atoms with Crippen molar-refractivity contribution in [3.05, 3.63) is 28.4 Å². The first-order valence-corrected chi connectivity index (χ1v) is 7.39. The Morgan fingerprint density at radius 2 is 1.95 bits per heavy atom. The number of hydrogen-bond donors (Lipinski definition) is 2. The molecule has 21 heavy (non-hydrogen) atoms. The molecule has 2 N–H and O–H groups in total. The molecule has 0 amide bonds. The minimum Gasteiger partial charge on any atom is -0.497 e. The molecule has 6 heteroatoms. The molecule has 116 valence electrons. The molecule has 1 fully saturated rings. The predicted octanol–water partition coefficient (Wildman–Crippen LogP) is 2.43. The third-order valence-electron chi connectivity index (χ3n) is 3.66. The smallest absolute Gasteiger partial charge is 0.326 e. The summed E-state index contributed by atoms with van der Waals surface area (Å²) in [6.07, 6.45) is 1.73. The maximum atomic E-state index is 13.9. The number of H-pyrrole nitrogens is 1. The van der Waals surface area contributed by atoms with Crippen LogP contribution in [0.2, 0.25) is 0 Å². The second-order valence-corrected chi connectivity index (χ2v) is 4.78. The summed E-state index contributed by atoms with van der Waals surface area (Å²) < 4.78 is 20.6. The van der Waals surface area contributed by atoms with Gasteiger partial charge in [-0.2, -0.15) is 0 Å². The highest BCUT2D eigenvalue weighted by Gasteiger charge is 2.21. The standard InChI is InChI=1S/C13H16FN3O2.C2H6/c1-19-9-6-10(14)12-11(7-9)17(13(18)16-12)8-2-4-15-5-3-8;1-2/h6-8,15H,2-5H2,1H3,(H,16,18);1-2H3. The molecule has 0 unspecified atom stereocenters. The van der Waals surface area contributed by atoms with Crippen LogP contribution in [0.1, 0.15) is 32.7 Å². The van der Waals surface area contributed by atoms with Crippen LogP contribution in [0.5, 0.6) is 5.75 Å². The number of methoxy groups -OCH3 is 1. The predicted molar refractivity (Wildman–Crippen MR) is 81.6 cm³/mol. The fraction of sp³-hybridized carbons (Fsp3) is 0.533. The van der Waals surface area contributed by atoms with E-state index in [0.29, 0.717) is 11.3 Å². The monoisotopic (exact) mass is 295 g/mol. The number of ether oxygens (including phenoxy) is 1. The Hall–Kier alpha value is -1.82. The number of rotatable bonds is 2. The minimum atomic E-state index is -0.459. The molecule has 0 atom stereocenters. The summed E-state index contributed by atoms with van der Waals surface area (Å²) in [6.45, 7) is 5.74. The van der Waals surface area contributed by atoms with Crippen LogP contribution in [0.4, 0.5) is 4.39 Å². The Balaban J connectivity index is 0.000000774. The topological polar surface area (TPSA) is 59.1 Å². The second kappa shape index (κ2) is 6.76. The van der Waals surface area contributed by atoms with Gasteiger partial charge in [-0.05, 0) is 25.9 Å². The van der Waals surface area contributed by atoms with E-state index in [1.807, 2.05) is 13.8 Å². The van der Waals surface area contributed by atoms with Gasteiger partial charge in [0.1, 0.15) is 11.3 Å². The van der Waals surface area contributed by atoms with Crippen molar-refractivity contribution < 1.29 is 9.13 Å². The Labute approximate surface area is 123 Å². The van der Waals surface area contributed by atoms with Gasteiger partial charge in [-0.3, -0.25) is 4.57 Å². The van der Waals surface area contributed by atoms with Crippen LogP contribution in [-0.4, -0.2) is 29.8 Å². The van der Waals surface area contributed by atoms with Gasteiger partial charge in [-0.1, -0.05) is 13.8 Å². The highest BCUT2D eigenvalue weighted by atomic mass is 19.1. The van der Waals surface area contributed by atoms with Gasteiger partial charge < -0.3 is 15.0 Å². The number of nitrogens with one attached hydrogen (secondary N) is 2. The fourth-order valence-corrected chi connectivity index (χ4v) is 2.70. The van der Waals surface area contributed by atoms with E-state index in [1.165, 1.54) is 13.2 Å². The second-order valence-electron chi connectivity index (χ2n) is 4.78. The van der Waals surface area contributed by atoms with E-state index in [-0.39, 0.29) is 17.2 Å². The molecule has 1 aliphatic rings. The quantitative estimate of drug-likeness (QED) is 0.894. The molecule has 2 aromatic rings. The Bertz CT molecular complexity index is 657. The lowest BCUT2D eigenvalue weighted by Crippen LogP contribution is -2.33. The van der Waals surface area contributed by atoms with E-state index in [4.69, 9.17) is 4.74 Å². The molecule has 2 heterocycles. The van der Waals surface area contributed by atoms with E-state index in [9.17, 15) is 9.18 Å². The summed E-state index contributed by atoms with van der Waals surface area (Å²) in [4.78, 5) is 14.7. The number of fused-ring (bicyclic) bond motifs is 1. The number of hydrogen-bond acceptors (Lipinski definition) is 3. The van der Waals surface area contributed by atoms with E-state index >= 15 is 0 Å².